The molecule has 0 saturated carbocycles. The Kier molecular flexibility index (Phi) is 7.26. The van der Waals surface area contributed by atoms with Crippen LogP contribution < -0.4 is 10.6 Å². The van der Waals surface area contributed by atoms with Crippen LogP contribution in [0.1, 0.15) is 37.7 Å². The van der Waals surface area contributed by atoms with Crippen LogP contribution in [0.5, 0.6) is 0 Å². The van der Waals surface area contributed by atoms with Crippen molar-refractivity contribution < 1.29 is 14.0 Å². The van der Waals surface area contributed by atoms with Crippen LogP contribution in [0, 0.1) is 12.7 Å². The molecule has 2 aromatic heterocycles. The maximum atomic E-state index is 13.3. The standard InChI is InChI=1S/C31H27FN4O2/c1-21-5-4-6-22(17-21)20-36-28-13-12-27(35-30(37)23-8-10-25(32)11-9-23)18-24(28)19-29(36)31(38)34-16-14-26-7-2-3-15-33-26/h2-13,15,17-19H,14,16,20H2,1H3,(H,34,38)(H,35,37). The first-order valence-corrected chi connectivity index (χ1v) is 12.4. The lowest BCUT2D eigenvalue weighted by Crippen LogP contribution is -2.28. The van der Waals surface area contributed by atoms with Crippen LogP contribution in [0.3, 0.4) is 0 Å². The number of aromatic nitrogens is 2. The predicted molar refractivity (Wildman–Crippen MR) is 147 cm³/mol. The van der Waals surface area contributed by atoms with E-state index in [4.69, 9.17) is 0 Å². The summed E-state index contributed by atoms with van der Waals surface area (Å²) in [5.74, 6) is -0.915. The number of anilines is 1. The monoisotopic (exact) mass is 506 g/mol. The minimum absolute atomic E-state index is 0.179. The molecule has 0 fully saturated rings. The van der Waals surface area contributed by atoms with Crippen molar-refractivity contribution in [1.82, 2.24) is 14.9 Å². The second-order valence-electron chi connectivity index (χ2n) is 9.17. The molecule has 0 aliphatic heterocycles. The van der Waals surface area contributed by atoms with Crippen molar-refractivity contribution in [3.05, 3.63) is 131 Å². The minimum Gasteiger partial charge on any atom is -0.350 e. The molecule has 2 heterocycles. The molecule has 3 aromatic carbocycles. The number of pyridine rings is 1. The lowest BCUT2D eigenvalue weighted by atomic mass is 10.1. The molecule has 0 aliphatic carbocycles. The van der Waals surface area contributed by atoms with Crippen molar-refractivity contribution in [2.45, 2.75) is 19.9 Å². The molecular formula is C31H27FN4O2. The van der Waals surface area contributed by atoms with Crippen molar-refractivity contribution in [1.29, 1.82) is 0 Å². The van der Waals surface area contributed by atoms with Crippen molar-refractivity contribution in [3.8, 4) is 0 Å². The number of benzene rings is 3. The summed E-state index contributed by atoms with van der Waals surface area (Å²) in [7, 11) is 0. The van der Waals surface area contributed by atoms with Gasteiger partial charge in [0.2, 0.25) is 0 Å². The normalized spacial score (nSPS) is 10.9. The highest BCUT2D eigenvalue weighted by Crippen LogP contribution is 2.25. The van der Waals surface area contributed by atoms with Gasteiger partial charge in [-0.2, -0.15) is 0 Å². The summed E-state index contributed by atoms with van der Waals surface area (Å²) in [4.78, 5) is 30.3. The number of aryl methyl sites for hydroxylation is 1. The van der Waals surface area contributed by atoms with Crippen LogP contribution in [0.25, 0.3) is 10.9 Å². The van der Waals surface area contributed by atoms with E-state index < -0.39 is 5.82 Å². The third kappa shape index (κ3) is 5.78. The van der Waals surface area contributed by atoms with E-state index in [-0.39, 0.29) is 11.8 Å². The highest BCUT2D eigenvalue weighted by atomic mass is 19.1. The number of rotatable bonds is 8. The third-order valence-corrected chi connectivity index (χ3v) is 6.31. The number of halogens is 1. The molecule has 2 amide bonds. The predicted octanol–water partition coefficient (Wildman–Crippen LogP) is 5.76. The molecule has 0 bridgehead atoms. The second-order valence-corrected chi connectivity index (χ2v) is 9.17. The molecule has 5 rings (SSSR count). The van der Waals surface area contributed by atoms with E-state index in [1.807, 2.05) is 66.1 Å². The van der Waals surface area contributed by atoms with Crippen LogP contribution in [0.4, 0.5) is 10.1 Å². The topological polar surface area (TPSA) is 76.0 Å². The van der Waals surface area contributed by atoms with Crippen LogP contribution >= 0.6 is 0 Å². The maximum absolute atomic E-state index is 13.3. The van der Waals surface area contributed by atoms with E-state index >= 15 is 0 Å². The van der Waals surface area contributed by atoms with Gasteiger partial charge in [0.15, 0.2) is 0 Å². The molecule has 6 nitrogen and oxygen atoms in total. The quantitative estimate of drug-likeness (QED) is 0.281. The molecule has 2 N–H and O–H groups in total. The van der Waals surface area contributed by atoms with E-state index in [1.54, 1.807) is 12.3 Å². The third-order valence-electron chi connectivity index (χ3n) is 6.31. The molecule has 0 spiro atoms. The van der Waals surface area contributed by atoms with Crippen LogP contribution in [-0.4, -0.2) is 27.9 Å². The van der Waals surface area contributed by atoms with E-state index in [0.29, 0.717) is 36.5 Å². The molecule has 5 aromatic rings. The molecule has 0 saturated heterocycles. The number of nitrogens with zero attached hydrogens (tertiary/aromatic N) is 2. The molecule has 38 heavy (non-hydrogen) atoms. The lowest BCUT2D eigenvalue weighted by Gasteiger charge is -2.12. The summed E-state index contributed by atoms with van der Waals surface area (Å²) >= 11 is 0. The first kappa shape index (κ1) is 24.9. The van der Waals surface area contributed by atoms with E-state index in [0.717, 1.165) is 27.7 Å². The number of carbonyl (C=O) groups excluding carboxylic acids is 2. The maximum Gasteiger partial charge on any atom is 0.267 e. The SMILES string of the molecule is Cc1cccc(Cn2c(C(=O)NCCc3ccccn3)cc3cc(NC(=O)c4ccc(F)cc4)ccc32)c1. The zero-order valence-corrected chi connectivity index (χ0v) is 20.9. The fourth-order valence-corrected chi connectivity index (χ4v) is 4.45. The number of fused-ring (bicyclic) bond motifs is 1. The highest BCUT2D eigenvalue weighted by Gasteiger charge is 2.17. The summed E-state index contributed by atoms with van der Waals surface area (Å²) in [6.07, 6.45) is 2.37. The molecule has 0 aliphatic rings. The van der Waals surface area contributed by atoms with Crippen molar-refractivity contribution in [2.24, 2.45) is 0 Å². The van der Waals surface area contributed by atoms with Crippen LogP contribution in [0.2, 0.25) is 0 Å². The van der Waals surface area contributed by atoms with Crippen molar-refractivity contribution >= 4 is 28.4 Å². The second kappa shape index (κ2) is 11.1. The molecule has 190 valence electrons. The number of nitrogens with one attached hydrogen (secondary N) is 2. The average molecular weight is 507 g/mol. The zero-order valence-electron chi connectivity index (χ0n) is 20.9. The molecular weight excluding hydrogens is 479 g/mol. The Labute approximate surface area is 220 Å². The van der Waals surface area contributed by atoms with Crippen molar-refractivity contribution in [3.63, 3.8) is 0 Å². The smallest absolute Gasteiger partial charge is 0.267 e. The number of hydrogen-bond donors (Lipinski definition) is 2. The van der Waals surface area contributed by atoms with Crippen molar-refractivity contribution in [2.75, 3.05) is 11.9 Å². The number of amides is 2. The molecule has 0 atom stereocenters. The number of hydrogen-bond acceptors (Lipinski definition) is 3. The first-order chi connectivity index (χ1) is 18.5. The first-order valence-electron chi connectivity index (χ1n) is 12.4. The average Bonchev–Trinajstić information content (AvgIpc) is 3.27. The molecule has 7 heteroatoms. The lowest BCUT2D eigenvalue weighted by molar-refractivity contribution is 0.0945. The Hall–Kier alpha value is -4.78. The van der Waals surface area contributed by atoms with Gasteiger partial charge < -0.3 is 15.2 Å². The Morgan fingerprint density at radius 2 is 1.74 bits per heavy atom. The summed E-state index contributed by atoms with van der Waals surface area (Å²) in [5, 5.41) is 6.70. The van der Waals surface area contributed by atoms with Gasteiger partial charge in [-0.25, -0.2) is 4.39 Å². The largest absolute Gasteiger partial charge is 0.350 e. The summed E-state index contributed by atoms with van der Waals surface area (Å²) in [5.41, 5.74) is 5.49. The summed E-state index contributed by atoms with van der Waals surface area (Å²) in [6.45, 7) is 3.02. The van der Waals surface area contributed by atoms with Gasteiger partial charge in [-0.05, 0) is 73.2 Å². The minimum atomic E-state index is -0.399. The van der Waals surface area contributed by atoms with Gasteiger partial charge >= 0.3 is 0 Å². The number of carbonyl (C=O) groups is 2. The van der Waals surface area contributed by atoms with Gasteiger partial charge in [-0.3, -0.25) is 14.6 Å². The van der Waals surface area contributed by atoms with Crippen LogP contribution in [0.15, 0.2) is 97.2 Å². The molecule has 0 radical (unpaired) electrons. The van der Waals surface area contributed by atoms with Gasteiger partial charge in [0.05, 0.1) is 0 Å². The van der Waals surface area contributed by atoms with Gasteiger partial charge in [-0.15, -0.1) is 0 Å². The molecule has 0 unspecified atom stereocenters. The van der Waals surface area contributed by atoms with Gasteiger partial charge in [0.25, 0.3) is 11.8 Å². The Balaban J connectivity index is 1.42. The zero-order chi connectivity index (χ0) is 26.5. The Morgan fingerprint density at radius 1 is 0.895 bits per heavy atom. The van der Waals surface area contributed by atoms with Gasteiger partial charge in [0.1, 0.15) is 11.5 Å². The van der Waals surface area contributed by atoms with E-state index in [1.165, 1.54) is 24.3 Å². The van der Waals surface area contributed by atoms with Gasteiger partial charge in [-0.1, -0.05) is 35.9 Å². The fourth-order valence-electron chi connectivity index (χ4n) is 4.45. The summed E-state index contributed by atoms with van der Waals surface area (Å²) < 4.78 is 15.2. The Bertz CT molecular complexity index is 1590. The van der Waals surface area contributed by atoms with E-state index in [2.05, 4.69) is 21.7 Å². The summed E-state index contributed by atoms with van der Waals surface area (Å²) in [6, 6.07) is 26.7. The Morgan fingerprint density at radius 3 is 2.50 bits per heavy atom. The van der Waals surface area contributed by atoms with E-state index in [9.17, 15) is 14.0 Å². The van der Waals surface area contributed by atoms with Crippen LogP contribution in [-0.2, 0) is 13.0 Å². The van der Waals surface area contributed by atoms with Gasteiger partial charge in [0, 0.05) is 53.6 Å². The fraction of sp³-hybridized carbons (Fsp3) is 0.129. The highest BCUT2D eigenvalue weighted by molar-refractivity contribution is 6.06.